The highest BCUT2D eigenvalue weighted by Crippen LogP contribution is 2.15. The van der Waals surface area contributed by atoms with Gasteiger partial charge >= 0.3 is 0 Å². The molecule has 5 heteroatoms. The van der Waals surface area contributed by atoms with E-state index in [4.69, 9.17) is 0 Å². The number of hydrogen-bond acceptors (Lipinski definition) is 3. The Hall–Kier alpha value is -2.14. The minimum atomic E-state index is -0.447. The minimum Gasteiger partial charge on any atom is -0.268 e. The molecule has 1 aromatic heterocycles. The molecule has 100 valence electrons. The van der Waals surface area contributed by atoms with Gasteiger partial charge in [-0.3, -0.25) is 9.36 Å². The summed E-state index contributed by atoms with van der Waals surface area (Å²) in [6.07, 6.45) is 0. The van der Waals surface area contributed by atoms with Gasteiger partial charge in [0.05, 0.1) is 16.6 Å². The van der Waals surface area contributed by atoms with Crippen molar-refractivity contribution in [3.8, 4) is 5.69 Å². The number of thiol groups is 1. The van der Waals surface area contributed by atoms with Crippen molar-refractivity contribution < 1.29 is 4.39 Å². The molecule has 3 rings (SSSR count). The Bertz CT molecular complexity index is 856. The fraction of sp³-hybridized carbons (Fsp3) is 0.0667. The normalized spacial score (nSPS) is 10.9. The number of nitrogens with zero attached hydrogens (tertiary/aromatic N) is 2. The van der Waals surface area contributed by atoms with Crippen LogP contribution in [0.5, 0.6) is 0 Å². The molecule has 3 nitrogen and oxygen atoms in total. The van der Waals surface area contributed by atoms with Crippen molar-refractivity contribution in [1.82, 2.24) is 9.55 Å². The van der Waals surface area contributed by atoms with Crippen molar-refractivity contribution in [2.24, 2.45) is 0 Å². The van der Waals surface area contributed by atoms with Crippen LogP contribution in [0.3, 0.4) is 0 Å². The molecule has 0 N–H and O–H groups in total. The molecule has 0 atom stereocenters. The zero-order valence-corrected chi connectivity index (χ0v) is 11.6. The molecule has 0 amide bonds. The smallest absolute Gasteiger partial charge is 0.266 e. The molecular formula is C15H11FN2OS. The fourth-order valence-electron chi connectivity index (χ4n) is 2.17. The Morgan fingerprint density at radius 2 is 1.85 bits per heavy atom. The molecule has 0 fully saturated rings. The standard InChI is InChI=1S/C15H11FN2OS/c1-9-17-14-7-2-10(16)8-13(14)15(19)18(9)11-3-5-12(20)6-4-11/h2-8,20H,1H3. The summed E-state index contributed by atoms with van der Waals surface area (Å²) in [4.78, 5) is 17.7. The number of aromatic nitrogens is 2. The van der Waals surface area contributed by atoms with Crippen LogP contribution in [0.25, 0.3) is 16.6 Å². The van der Waals surface area contributed by atoms with Crippen molar-refractivity contribution in [2.75, 3.05) is 0 Å². The predicted molar refractivity (Wildman–Crippen MR) is 79.3 cm³/mol. The van der Waals surface area contributed by atoms with Gasteiger partial charge < -0.3 is 0 Å². The highest BCUT2D eigenvalue weighted by molar-refractivity contribution is 7.80. The van der Waals surface area contributed by atoms with Crippen molar-refractivity contribution in [3.05, 3.63) is 64.5 Å². The Labute approximate surface area is 120 Å². The van der Waals surface area contributed by atoms with Crippen LogP contribution < -0.4 is 5.56 Å². The Kier molecular flexibility index (Phi) is 3.06. The number of aryl methyl sites for hydroxylation is 1. The molecule has 0 aliphatic carbocycles. The number of hydrogen-bond donors (Lipinski definition) is 1. The van der Waals surface area contributed by atoms with Gasteiger partial charge in [0.1, 0.15) is 11.6 Å². The third kappa shape index (κ3) is 2.10. The molecule has 2 aromatic carbocycles. The summed E-state index contributed by atoms with van der Waals surface area (Å²) in [6.45, 7) is 1.75. The van der Waals surface area contributed by atoms with Crippen LogP contribution in [-0.4, -0.2) is 9.55 Å². The van der Waals surface area contributed by atoms with Gasteiger partial charge in [-0.05, 0) is 49.4 Å². The zero-order valence-electron chi connectivity index (χ0n) is 10.7. The summed E-state index contributed by atoms with van der Waals surface area (Å²) in [5.41, 5.74) is 0.902. The third-order valence-electron chi connectivity index (χ3n) is 3.11. The number of fused-ring (bicyclic) bond motifs is 1. The molecule has 3 aromatic rings. The lowest BCUT2D eigenvalue weighted by molar-refractivity contribution is 0.629. The molecule has 0 saturated heterocycles. The fourth-order valence-corrected chi connectivity index (χ4v) is 2.32. The first kappa shape index (κ1) is 12.9. The Balaban J connectivity index is 2.36. The van der Waals surface area contributed by atoms with E-state index in [-0.39, 0.29) is 10.9 Å². The summed E-state index contributed by atoms with van der Waals surface area (Å²) < 4.78 is 14.8. The predicted octanol–water partition coefficient (Wildman–Crippen LogP) is 3.12. The molecule has 0 aliphatic rings. The second kappa shape index (κ2) is 4.76. The molecule has 20 heavy (non-hydrogen) atoms. The van der Waals surface area contributed by atoms with Crippen LogP contribution in [0, 0.1) is 12.7 Å². The third-order valence-corrected chi connectivity index (χ3v) is 3.40. The van der Waals surface area contributed by atoms with Gasteiger partial charge in [-0.15, -0.1) is 12.6 Å². The maximum atomic E-state index is 13.3. The highest BCUT2D eigenvalue weighted by Gasteiger charge is 2.10. The van der Waals surface area contributed by atoms with Gasteiger partial charge in [-0.25, -0.2) is 9.37 Å². The van der Waals surface area contributed by atoms with Crippen molar-refractivity contribution in [3.63, 3.8) is 0 Å². The van der Waals surface area contributed by atoms with Gasteiger partial charge in [0.2, 0.25) is 0 Å². The number of halogens is 1. The number of rotatable bonds is 1. The van der Waals surface area contributed by atoms with Gasteiger partial charge in [0.25, 0.3) is 5.56 Å². The largest absolute Gasteiger partial charge is 0.268 e. The van der Waals surface area contributed by atoms with Gasteiger partial charge in [0.15, 0.2) is 0 Å². The average molecular weight is 286 g/mol. The molecule has 1 heterocycles. The quantitative estimate of drug-likeness (QED) is 0.698. The molecule has 0 radical (unpaired) electrons. The Morgan fingerprint density at radius 3 is 2.55 bits per heavy atom. The van der Waals surface area contributed by atoms with Crippen LogP contribution in [0.4, 0.5) is 4.39 Å². The molecular weight excluding hydrogens is 275 g/mol. The van der Waals surface area contributed by atoms with E-state index in [0.29, 0.717) is 17.0 Å². The lowest BCUT2D eigenvalue weighted by Crippen LogP contribution is -2.22. The van der Waals surface area contributed by atoms with Crippen molar-refractivity contribution >= 4 is 23.5 Å². The summed E-state index contributed by atoms with van der Waals surface area (Å²) in [7, 11) is 0. The van der Waals surface area contributed by atoms with E-state index < -0.39 is 5.82 Å². The summed E-state index contributed by atoms with van der Waals surface area (Å²) in [6, 6.07) is 11.2. The van der Waals surface area contributed by atoms with Crippen molar-refractivity contribution in [2.45, 2.75) is 11.8 Å². The Morgan fingerprint density at radius 1 is 1.15 bits per heavy atom. The zero-order chi connectivity index (χ0) is 14.3. The summed E-state index contributed by atoms with van der Waals surface area (Å²) >= 11 is 4.22. The molecule has 0 spiro atoms. The summed E-state index contributed by atoms with van der Waals surface area (Å²) in [5, 5.41) is 0.269. The van der Waals surface area contributed by atoms with Gasteiger partial charge in [-0.1, -0.05) is 0 Å². The first-order valence-corrected chi connectivity index (χ1v) is 6.49. The molecule has 0 unspecified atom stereocenters. The van der Waals surface area contributed by atoms with E-state index in [0.717, 1.165) is 4.90 Å². The van der Waals surface area contributed by atoms with Crippen LogP contribution in [0.1, 0.15) is 5.82 Å². The van der Waals surface area contributed by atoms with Crippen LogP contribution in [0.15, 0.2) is 52.2 Å². The van der Waals surface area contributed by atoms with E-state index in [2.05, 4.69) is 17.6 Å². The molecule has 0 saturated carbocycles. The van der Waals surface area contributed by atoms with E-state index in [1.54, 1.807) is 31.2 Å². The van der Waals surface area contributed by atoms with Gasteiger partial charge in [0, 0.05) is 4.90 Å². The van der Waals surface area contributed by atoms with Crippen LogP contribution >= 0.6 is 12.6 Å². The van der Waals surface area contributed by atoms with Crippen molar-refractivity contribution in [1.29, 1.82) is 0 Å². The van der Waals surface area contributed by atoms with E-state index in [1.165, 1.54) is 22.8 Å². The van der Waals surface area contributed by atoms with Crippen LogP contribution in [0.2, 0.25) is 0 Å². The van der Waals surface area contributed by atoms with Crippen LogP contribution in [-0.2, 0) is 0 Å². The summed E-state index contributed by atoms with van der Waals surface area (Å²) in [5.74, 6) is 0.110. The van der Waals surface area contributed by atoms with E-state index in [1.807, 2.05) is 0 Å². The lowest BCUT2D eigenvalue weighted by Gasteiger charge is -2.11. The second-order valence-corrected chi connectivity index (χ2v) is 4.99. The first-order chi connectivity index (χ1) is 9.56. The van der Waals surface area contributed by atoms with E-state index >= 15 is 0 Å². The topological polar surface area (TPSA) is 34.9 Å². The minimum absolute atomic E-state index is 0.269. The maximum absolute atomic E-state index is 13.3. The second-order valence-electron chi connectivity index (χ2n) is 4.48. The molecule has 0 aliphatic heterocycles. The van der Waals surface area contributed by atoms with E-state index in [9.17, 15) is 9.18 Å². The van der Waals surface area contributed by atoms with Gasteiger partial charge in [-0.2, -0.15) is 0 Å². The maximum Gasteiger partial charge on any atom is 0.266 e. The first-order valence-electron chi connectivity index (χ1n) is 6.04. The number of benzene rings is 2. The molecule has 0 bridgehead atoms. The SMILES string of the molecule is Cc1nc2ccc(F)cc2c(=O)n1-c1ccc(S)cc1. The highest BCUT2D eigenvalue weighted by atomic mass is 32.1. The monoisotopic (exact) mass is 286 g/mol. The average Bonchev–Trinajstić information content (AvgIpc) is 2.42. The lowest BCUT2D eigenvalue weighted by atomic mass is 10.2.